The van der Waals surface area contributed by atoms with Crippen LogP contribution in [-0.2, 0) is 0 Å². The molecule has 0 aromatic carbocycles. The number of nitrogens with one attached hydrogen (secondary N) is 1. The number of aromatic nitrogens is 2. The Bertz CT molecular complexity index is 277. The zero-order chi connectivity index (χ0) is 11.1. The largest absolute Gasteiger partial charge is 0.416 e. The molecule has 5 heteroatoms. The van der Waals surface area contributed by atoms with Gasteiger partial charge in [0.1, 0.15) is 0 Å². The van der Waals surface area contributed by atoms with Gasteiger partial charge in [-0.05, 0) is 26.3 Å². The second kappa shape index (κ2) is 6.85. The third-order valence-electron chi connectivity index (χ3n) is 2.07. The second-order valence-electron chi connectivity index (χ2n) is 3.54. The van der Waals surface area contributed by atoms with Crippen LogP contribution in [0.25, 0.3) is 0 Å². The number of hydrogen-bond donors (Lipinski definition) is 1. The molecule has 0 saturated heterocycles. The summed E-state index contributed by atoms with van der Waals surface area (Å²) < 4.78 is 5.26. The maximum Gasteiger partial charge on any atom is 0.276 e. The molecule has 1 aromatic heterocycles. The lowest BCUT2D eigenvalue weighted by Crippen LogP contribution is -2.25. The Morgan fingerprint density at radius 2 is 2.27 bits per heavy atom. The lowest BCUT2D eigenvalue weighted by Gasteiger charge is -2.10. The maximum absolute atomic E-state index is 5.26. The smallest absolute Gasteiger partial charge is 0.276 e. The fraction of sp³-hybridized carbons (Fsp3) is 0.800. The predicted molar refractivity (Wildman–Crippen MR) is 62.1 cm³/mol. The van der Waals surface area contributed by atoms with Gasteiger partial charge in [0.15, 0.2) is 0 Å². The molecule has 86 valence electrons. The molecule has 4 nitrogen and oxygen atoms in total. The van der Waals surface area contributed by atoms with E-state index in [1.807, 2.05) is 6.92 Å². The van der Waals surface area contributed by atoms with Crippen molar-refractivity contribution in [2.24, 2.45) is 0 Å². The van der Waals surface area contributed by atoms with E-state index in [9.17, 15) is 0 Å². The Balaban J connectivity index is 2.06. The SMILES string of the molecule is CCNC(C)CCCSc1nnc(C)o1. The molecule has 0 aliphatic rings. The summed E-state index contributed by atoms with van der Waals surface area (Å²) in [5.41, 5.74) is 0. The molecule has 0 fully saturated rings. The average Bonchev–Trinajstić information content (AvgIpc) is 2.60. The summed E-state index contributed by atoms with van der Waals surface area (Å²) in [7, 11) is 0. The fourth-order valence-corrected chi connectivity index (χ4v) is 2.10. The Labute approximate surface area is 95.2 Å². The number of thioether (sulfide) groups is 1. The van der Waals surface area contributed by atoms with Crippen molar-refractivity contribution < 1.29 is 4.42 Å². The van der Waals surface area contributed by atoms with Gasteiger partial charge in [0.05, 0.1) is 0 Å². The van der Waals surface area contributed by atoms with Gasteiger partial charge < -0.3 is 9.73 Å². The Kier molecular flexibility index (Phi) is 5.71. The van der Waals surface area contributed by atoms with Crippen LogP contribution in [0.15, 0.2) is 9.64 Å². The summed E-state index contributed by atoms with van der Waals surface area (Å²) >= 11 is 1.63. The van der Waals surface area contributed by atoms with Gasteiger partial charge in [0.2, 0.25) is 5.89 Å². The molecule has 1 rings (SSSR count). The molecule has 1 aromatic rings. The number of nitrogens with zero attached hydrogens (tertiary/aromatic N) is 2. The first-order valence-electron chi connectivity index (χ1n) is 5.38. The Hall–Kier alpha value is -0.550. The van der Waals surface area contributed by atoms with Crippen molar-refractivity contribution in [2.75, 3.05) is 12.3 Å². The molecular formula is C10H19N3OS. The minimum absolute atomic E-state index is 0.597. The normalized spacial score (nSPS) is 13.0. The van der Waals surface area contributed by atoms with Crippen LogP contribution in [0.1, 0.15) is 32.6 Å². The van der Waals surface area contributed by atoms with Crippen LogP contribution in [0.4, 0.5) is 0 Å². The highest BCUT2D eigenvalue weighted by atomic mass is 32.2. The number of aryl methyl sites for hydroxylation is 1. The molecule has 1 heterocycles. The highest BCUT2D eigenvalue weighted by Crippen LogP contribution is 2.17. The van der Waals surface area contributed by atoms with E-state index in [4.69, 9.17) is 4.42 Å². The van der Waals surface area contributed by atoms with Gasteiger partial charge in [0, 0.05) is 18.7 Å². The molecule has 0 spiro atoms. The monoisotopic (exact) mass is 229 g/mol. The van der Waals surface area contributed by atoms with Crippen LogP contribution in [-0.4, -0.2) is 28.5 Å². The Morgan fingerprint density at radius 1 is 1.47 bits per heavy atom. The zero-order valence-corrected chi connectivity index (χ0v) is 10.4. The van der Waals surface area contributed by atoms with E-state index in [1.165, 1.54) is 12.8 Å². The molecule has 0 aliphatic heterocycles. The van der Waals surface area contributed by atoms with Crippen LogP contribution < -0.4 is 5.32 Å². The van der Waals surface area contributed by atoms with Crippen molar-refractivity contribution in [3.05, 3.63) is 5.89 Å². The molecular weight excluding hydrogens is 210 g/mol. The summed E-state index contributed by atoms with van der Waals surface area (Å²) in [6, 6.07) is 0.597. The third-order valence-corrected chi connectivity index (χ3v) is 2.97. The van der Waals surface area contributed by atoms with Crippen LogP contribution in [0, 0.1) is 6.92 Å². The van der Waals surface area contributed by atoms with Crippen molar-refractivity contribution in [1.82, 2.24) is 15.5 Å². The first-order chi connectivity index (χ1) is 7.22. The topological polar surface area (TPSA) is 51.0 Å². The standard InChI is InChI=1S/C10H19N3OS/c1-4-11-8(2)6-5-7-15-10-13-12-9(3)14-10/h8,11H,4-7H2,1-3H3. The van der Waals surface area contributed by atoms with E-state index in [-0.39, 0.29) is 0 Å². The van der Waals surface area contributed by atoms with Crippen LogP contribution >= 0.6 is 11.8 Å². The van der Waals surface area contributed by atoms with Crippen molar-refractivity contribution in [2.45, 2.75) is 44.9 Å². The lowest BCUT2D eigenvalue weighted by molar-refractivity contribution is 0.429. The minimum atomic E-state index is 0.597. The second-order valence-corrected chi connectivity index (χ2v) is 4.58. The number of rotatable bonds is 7. The first kappa shape index (κ1) is 12.5. The maximum atomic E-state index is 5.26. The van der Waals surface area contributed by atoms with E-state index in [1.54, 1.807) is 11.8 Å². The predicted octanol–water partition coefficient (Wildman–Crippen LogP) is 2.25. The van der Waals surface area contributed by atoms with Gasteiger partial charge in [-0.2, -0.15) is 0 Å². The van der Waals surface area contributed by atoms with Crippen LogP contribution in [0.3, 0.4) is 0 Å². The number of hydrogen-bond acceptors (Lipinski definition) is 5. The van der Waals surface area contributed by atoms with Crippen molar-refractivity contribution in [3.8, 4) is 0 Å². The zero-order valence-electron chi connectivity index (χ0n) is 9.62. The average molecular weight is 229 g/mol. The van der Waals surface area contributed by atoms with E-state index >= 15 is 0 Å². The fourth-order valence-electron chi connectivity index (χ4n) is 1.34. The minimum Gasteiger partial charge on any atom is -0.416 e. The van der Waals surface area contributed by atoms with Crippen molar-refractivity contribution in [1.29, 1.82) is 0 Å². The quantitative estimate of drug-likeness (QED) is 0.574. The van der Waals surface area contributed by atoms with E-state index in [0.29, 0.717) is 17.2 Å². The molecule has 0 amide bonds. The summed E-state index contributed by atoms with van der Waals surface area (Å²) in [5, 5.41) is 11.8. The molecule has 0 aliphatic carbocycles. The van der Waals surface area contributed by atoms with Crippen molar-refractivity contribution >= 4 is 11.8 Å². The summed E-state index contributed by atoms with van der Waals surface area (Å²) in [5.74, 6) is 1.68. The Morgan fingerprint density at radius 3 is 2.87 bits per heavy atom. The van der Waals surface area contributed by atoms with Gasteiger partial charge in [-0.15, -0.1) is 10.2 Å². The molecule has 15 heavy (non-hydrogen) atoms. The van der Waals surface area contributed by atoms with E-state index in [2.05, 4.69) is 29.4 Å². The van der Waals surface area contributed by atoms with Gasteiger partial charge in [0.25, 0.3) is 5.22 Å². The lowest BCUT2D eigenvalue weighted by atomic mass is 10.2. The van der Waals surface area contributed by atoms with Crippen LogP contribution in [0.2, 0.25) is 0 Å². The summed E-state index contributed by atoms with van der Waals surface area (Å²) in [4.78, 5) is 0. The first-order valence-corrected chi connectivity index (χ1v) is 6.37. The molecule has 1 unspecified atom stereocenters. The van der Waals surface area contributed by atoms with Gasteiger partial charge in [-0.3, -0.25) is 0 Å². The van der Waals surface area contributed by atoms with Gasteiger partial charge in [-0.25, -0.2) is 0 Å². The van der Waals surface area contributed by atoms with Gasteiger partial charge >= 0.3 is 0 Å². The van der Waals surface area contributed by atoms with E-state index in [0.717, 1.165) is 12.3 Å². The highest BCUT2D eigenvalue weighted by molar-refractivity contribution is 7.99. The van der Waals surface area contributed by atoms with Crippen molar-refractivity contribution in [3.63, 3.8) is 0 Å². The molecule has 1 N–H and O–H groups in total. The van der Waals surface area contributed by atoms with Crippen LogP contribution in [0.5, 0.6) is 0 Å². The summed E-state index contributed by atoms with van der Waals surface area (Å²) in [6.07, 6.45) is 2.36. The molecule has 1 atom stereocenters. The third kappa shape index (κ3) is 5.18. The van der Waals surface area contributed by atoms with E-state index < -0.39 is 0 Å². The highest BCUT2D eigenvalue weighted by Gasteiger charge is 2.03. The summed E-state index contributed by atoms with van der Waals surface area (Å²) in [6.45, 7) is 7.19. The molecule has 0 saturated carbocycles. The molecule has 0 radical (unpaired) electrons. The molecule has 0 bridgehead atoms. The van der Waals surface area contributed by atoms with Gasteiger partial charge in [-0.1, -0.05) is 18.7 Å².